The van der Waals surface area contributed by atoms with Crippen molar-refractivity contribution >= 4 is 0 Å². The molecule has 0 amide bonds. The molecule has 4 nitrogen and oxygen atoms in total. The van der Waals surface area contributed by atoms with E-state index < -0.39 is 0 Å². The van der Waals surface area contributed by atoms with Crippen LogP contribution in [-0.2, 0) is 6.54 Å². The van der Waals surface area contributed by atoms with Crippen LogP contribution >= 0.6 is 0 Å². The minimum absolute atomic E-state index is 0.658. The van der Waals surface area contributed by atoms with Gasteiger partial charge in [-0.2, -0.15) is 0 Å². The van der Waals surface area contributed by atoms with Gasteiger partial charge < -0.3 is 10.2 Å². The Morgan fingerprint density at radius 2 is 2.53 bits per heavy atom. The fraction of sp³-hybridized carbons (Fsp3) is 0.727. The third-order valence-corrected chi connectivity index (χ3v) is 3.15. The molecule has 1 atom stereocenters. The highest BCUT2D eigenvalue weighted by Gasteiger charge is 2.19. The molecule has 2 N–H and O–H groups in total. The zero-order valence-corrected chi connectivity index (χ0v) is 9.28. The molecule has 1 aliphatic rings. The van der Waals surface area contributed by atoms with Crippen LogP contribution < -0.4 is 5.73 Å². The molecule has 0 radical (unpaired) electrons. The molecule has 1 fully saturated rings. The van der Waals surface area contributed by atoms with Crippen LogP contribution in [0.1, 0.15) is 24.3 Å². The molecule has 1 saturated heterocycles. The quantitative estimate of drug-likeness (QED) is 0.811. The first-order valence-electron chi connectivity index (χ1n) is 5.61. The molecule has 0 bridgehead atoms. The van der Waals surface area contributed by atoms with Crippen molar-refractivity contribution in [1.29, 1.82) is 0 Å². The average Bonchev–Trinajstić information content (AvgIpc) is 2.65. The Hall–Kier alpha value is -0.870. The van der Waals surface area contributed by atoms with Crippen LogP contribution in [0.15, 0.2) is 10.8 Å². The molecule has 1 unspecified atom stereocenters. The summed E-state index contributed by atoms with van der Waals surface area (Å²) in [5.41, 5.74) is 6.77. The number of nitrogens with two attached hydrogens (primary N) is 1. The predicted octanol–water partition coefficient (Wildman–Crippen LogP) is 1.15. The zero-order chi connectivity index (χ0) is 10.7. The maximum atomic E-state index is 5.71. The van der Waals surface area contributed by atoms with E-state index in [2.05, 4.69) is 9.88 Å². The summed E-state index contributed by atoms with van der Waals surface area (Å²) in [6.45, 7) is 5.92. The first-order chi connectivity index (χ1) is 7.29. The van der Waals surface area contributed by atoms with Crippen molar-refractivity contribution in [3.63, 3.8) is 0 Å². The van der Waals surface area contributed by atoms with Gasteiger partial charge >= 0.3 is 0 Å². The number of hydrogen-bond acceptors (Lipinski definition) is 4. The molecular formula is C11H19N3O. The van der Waals surface area contributed by atoms with Crippen molar-refractivity contribution in [2.24, 2.45) is 11.7 Å². The van der Waals surface area contributed by atoms with E-state index in [1.165, 1.54) is 19.2 Å². The minimum atomic E-state index is 0.658. The molecule has 1 aromatic rings. The second-order valence-electron chi connectivity index (χ2n) is 4.33. The second kappa shape index (κ2) is 4.77. The van der Waals surface area contributed by atoms with Crippen LogP contribution in [0, 0.1) is 12.8 Å². The Morgan fingerprint density at radius 1 is 1.67 bits per heavy atom. The van der Waals surface area contributed by atoms with E-state index in [4.69, 9.17) is 10.2 Å². The first kappa shape index (κ1) is 10.6. The van der Waals surface area contributed by atoms with Crippen LogP contribution in [-0.4, -0.2) is 29.5 Å². The summed E-state index contributed by atoms with van der Waals surface area (Å²) < 4.78 is 5.20. The molecule has 0 aliphatic carbocycles. The number of piperidine rings is 1. The summed E-state index contributed by atoms with van der Waals surface area (Å²) in [6.07, 6.45) is 4.04. The summed E-state index contributed by atoms with van der Waals surface area (Å²) in [7, 11) is 0. The normalized spacial score (nSPS) is 23.2. The van der Waals surface area contributed by atoms with Crippen molar-refractivity contribution in [2.45, 2.75) is 26.3 Å². The lowest BCUT2D eigenvalue weighted by Crippen LogP contribution is -2.38. The van der Waals surface area contributed by atoms with Crippen molar-refractivity contribution < 1.29 is 4.42 Å². The fourth-order valence-corrected chi connectivity index (χ4v) is 2.18. The summed E-state index contributed by atoms with van der Waals surface area (Å²) >= 11 is 0. The lowest BCUT2D eigenvalue weighted by Gasteiger charge is -2.31. The number of rotatable bonds is 3. The molecule has 2 heterocycles. The molecule has 84 valence electrons. The van der Waals surface area contributed by atoms with Gasteiger partial charge in [0.1, 0.15) is 5.76 Å². The second-order valence-corrected chi connectivity index (χ2v) is 4.33. The number of aryl methyl sites for hydroxylation is 1. The molecule has 2 rings (SSSR count). The van der Waals surface area contributed by atoms with Crippen molar-refractivity contribution in [1.82, 2.24) is 9.88 Å². The van der Waals surface area contributed by atoms with E-state index in [0.717, 1.165) is 37.6 Å². The predicted molar refractivity (Wildman–Crippen MR) is 58.3 cm³/mol. The third-order valence-electron chi connectivity index (χ3n) is 3.15. The standard InChI is InChI=1S/C11H19N3O/c1-9-11(13-8-15-9)7-14-4-2-3-10(5-12)6-14/h8,10H,2-7,12H2,1H3. The van der Waals surface area contributed by atoms with Crippen LogP contribution in [0.3, 0.4) is 0 Å². The molecule has 4 heteroatoms. The lowest BCUT2D eigenvalue weighted by molar-refractivity contribution is 0.169. The van der Waals surface area contributed by atoms with Gasteiger partial charge in [-0.15, -0.1) is 0 Å². The van der Waals surface area contributed by atoms with Gasteiger partial charge in [-0.3, -0.25) is 4.90 Å². The van der Waals surface area contributed by atoms with Crippen LogP contribution in [0.25, 0.3) is 0 Å². The summed E-state index contributed by atoms with van der Waals surface area (Å²) in [5, 5.41) is 0. The largest absolute Gasteiger partial charge is 0.448 e. The maximum absolute atomic E-state index is 5.71. The fourth-order valence-electron chi connectivity index (χ4n) is 2.18. The smallest absolute Gasteiger partial charge is 0.181 e. The van der Waals surface area contributed by atoms with Crippen LogP contribution in [0.5, 0.6) is 0 Å². The Kier molecular flexibility index (Phi) is 3.38. The van der Waals surface area contributed by atoms with E-state index in [-0.39, 0.29) is 0 Å². The molecular weight excluding hydrogens is 190 g/mol. The SMILES string of the molecule is Cc1ocnc1CN1CCCC(CN)C1. The number of likely N-dealkylation sites (tertiary alicyclic amines) is 1. The van der Waals surface area contributed by atoms with Gasteiger partial charge in [0.2, 0.25) is 0 Å². The molecule has 1 aliphatic heterocycles. The summed E-state index contributed by atoms with van der Waals surface area (Å²) in [4.78, 5) is 6.64. The highest BCUT2D eigenvalue weighted by Crippen LogP contribution is 2.18. The Morgan fingerprint density at radius 3 is 3.20 bits per heavy atom. The van der Waals surface area contributed by atoms with Crippen LogP contribution in [0.4, 0.5) is 0 Å². The molecule has 0 spiro atoms. The average molecular weight is 209 g/mol. The number of nitrogens with zero attached hydrogens (tertiary/aromatic N) is 2. The third kappa shape index (κ3) is 2.58. The Bertz CT molecular complexity index is 311. The van der Waals surface area contributed by atoms with E-state index in [9.17, 15) is 0 Å². The van der Waals surface area contributed by atoms with Gasteiger partial charge in [-0.05, 0) is 38.8 Å². The van der Waals surface area contributed by atoms with Gasteiger partial charge in [-0.25, -0.2) is 4.98 Å². The Labute approximate surface area is 90.5 Å². The maximum Gasteiger partial charge on any atom is 0.181 e. The van der Waals surface area contributed by atoms with Gasteiger partial charge in [0, 0.05) is 13.1 Å². The molecule has 0 saturated carbocycles. The van der Waals surface area contributed by atoms with Gasteiger partial charge in [-0.1, -0.05) is 0 Å². The zero-order valence-electron chi connectivity index (χ0n) is 9.28. The van der Waals surface area contributed by atoms with E-state index >= 15 is 0 Å². The summed E-state index contributed by atoms with van der Waals surface area (Å²) in [6, 6.07) is 0. The number of aromatic nitrogens is 1. The number of oxazole rings is 1. The summed E-state index contributed by atoms with van der Waals surface area (Å²) in [5.74, 6) is 1.59. The lowest BCUT2D eigenvalue weighted by atomic mass is 9.98. The van der Waals surface area contributed by atoms with Crippen molar-refractivity contribution in [3.05, 3.63) is 17.8 Å². The van der Waals surface area contributed by atoms with Gasteiger partial charge in [0.05, 0.1) is 5.69 Å². The monoisotopic (exact) mass is 209 g/mol. The van der Waals surface area contributed by atoms with E-state index in [1.807, 2.05) is 6.92 Å². The molecule has 15 heavy (non-hydrogen) atoms. The van der Waals surface area contributed by atoms with Gasteiger partial charge in [0.15, 0.2) is 6.39 Å². The van der Waals surface area contributed by atoms with Crippen molar-refractivity contribution in [3.8, 4) is 0 Å². The van der Waals surface area contributed by atoms with Crippen LogP contribution in [0.2, 0.25) is 0 Å². The molecule has 0 aromatic carbocycles. The van der Waals surface area contributed by atoms with E-state index in [1.54, 1.807) is 0 Å². The first-order valence-corrected chi connectivity index (χ1v) is 5.61. The van der Waals surface area contributed by atoms with E-state index in [0.29, 0.717) is 5.92 Å². The highest BCUT2D eigenvalue weighted by molar-refractivity contribution is 5.04. The number of hydrogen-bond donors (Lipinski definition) is 1. The topological polar surface area (TPSA) is 55.3 Å². The van der Waals surface area contributed by atoms with Crippen molar-refractivity contribution in [2.75, 3.05) is 19.6 Å². The molecule has 1 aromatic heterocycles. The highest BCUT2D eigenvalue weighted by atomic mass is 16.3. The Balaban J connectivity index is 1.92. The minimum Gasteiger partial charge on any atom is -0.448 e. The van der Waals surface area contributed by atoms with Gasteiger partial charge in [0.25, 0.3) is 0 Å².